The predicted octanol–water partition coefficient (Wildman–Crippen LogP) is 3.62. The monoisotopic (exact) mass is 303 g/mol. The molecule has 0 amide bonds. The van der Waals surface area contributed by atoms with Crippen LogP contribution >= 0.6 is 11.3 Å². The standard InChI is InChI=1S/C17H21NO2S/c1-12-6-4-5-7-16(12)13(2)18-11-15-9-8-14(21-15)10-17(19)20-3/h4-9,13,18H,10-11H2,1-3H3. The van der Waals surface area contributed by atoms with E-state index in [0.29, 0.717) is 12.5 Å². The predicted molar refractivity (Wildman–Crippen MR) is 86.5 cm³/mol. The lowest BCUT2D eigenvalue weighted by atomic mass is 10.0. The molecule has 0 radical (unpaired) electrons. The van der Waals surface area contributed by atoms with Gasteiger partial charge in [0.2, 0.25) is 0 Å². The summed E-state index contributed by atoms with van der Waals surface area (Å²) < 4.78 is 4.68. The Morgan fingerprint density at radius 1 is 1.24 bits per heavy atom. The summed E-state index contributed by atoms with van der Waals surface area (Å²) in [6.07, 6.45) is 0.356. The van der Waals surface area contributed by atoms with Crippen molar-refractivity contribution in [1.29, 1.82) is 0 Å². The summed E-state index contributed by atoms with van der Waals surface area (Å²) >= 11 is 1.65. The molecule has 21 heavy (non-hydrogen) atoms. The molecule has 0 aliphatic heterocycles. The van der Waals surface area contributed by atoms with Crippen molar-refractivity contribution in [3.63, 3.8) is 0 Å². The van der Waals surface area contributed by atoms with Crippen LogP contribution < -0.4 is 5.32 Å². The number of hydrogen-bond donors (Lipinski definition) is 1. The van der Waals surface area contributed by atoms with E-state index >= 15 is 0 Å². The third-order valence-corrected chi connectivity index (χ3v) is 4.59. The molecule has 0 bridgehead atoms. The SMILES string of the molecule is COC(=O)Cc1ccc(CNC(C)c2ccccc2C)s1. The summed E-state index contributed by atoms with van der Waals surface area (Å²) in [6.45, 7) is 5.11. The van der Waals surface area contributed by atoms with E-state index in [-0.39, 0.29) is 5.97 Å². The second-order valence-corrected chi connectivity index (χ2v) is 6.33. The van der Waals surface area contributed by atoms with E-state index < -0.39 is 0 Å². The quantitative estimate of drug-likeness (QED) is 0.828. The van der Waals surface area contributed by atoms with Gasteiger partial charge in [0.1, 0.15) is 0 Å². The maximum atomic E-state index is 11.2. The van der Waals surface area contributed by atoms with Gasteiger partial charge in [0.25, 0.3) is 0 Å². The number of carbonyl (C=O) groups excluding carboxylic acids is 1. The molecule has 3 nitrogen and oxygen atoms in total. The molecule has 0 aliphatic carbocycles. The fourth-order valence-electron chi connectivity index (χ4n) is 2.26. The van der Waals surface area contributed by atoms with E-state index in [0.717, 1.165) is 11.4 Å². The second kappa shape index (κ2) is 7.38. The van der Waals surface area contributed by atoms with Gasteiger partial charge in [-0.3, -0.25) is 4.79 Å². The molecular weight excluding hydrogens is 282 g/mol. The minimum Gasteiger partial charge on any atom is -0.469 e. The highest BCUT2D eigenvalue weighted by Crippen LogP contribution is 2.20. The van der Waals surface area contributed by atoms with Crippen LogP contribution in [0.5, 0.6) is 0 Å². The van der Waals surface area contributed by atoms with Crippen LogP contribution in [-0.2, 0) is 22.5 Å². The van der Waals surface area contributed by atoms with Crippen molar-refractivity contribution in [2.45, 2.75) is 32.9 Å². The number of esters is 1. The zero-order chi connectivity index (χ0) is 15.2. The minimum atomic E-state index is -0.190. The lowest BCUT2D eigenvalue weighted by molar-refractivity contribution is -0.139. The maximum absolute atomic E-state index is 11.2. The van der Waals surface area contributed by atoms with Gasteiger partial charge in [-0.2, -0.15) is 0 Å². The molecule has 1 unspecified atom stereocenters. The average molecular weight is 303 g/mol. The Labute approximate surface area is 130 Å². The number of hydrogen-bond acceptors (Lipinski definition) is 4. The van der Waals surface area contributed by atoms with Crippen molar-refractivity contribution >= 4 is 17.3 Å². The fraction of sp³-hybridized carbons (Fsp3) is 0.353. The molecule has 0 saturated carbocycles. The summed E-state index contributed by atoms with van der Waals surface area (Å²) in [6, 6.07) is 12.8. The molecule has 4 heteroatoms. The average Bonchev–Trinajstić information content (AvgIpc) is 2.92. The summed E-state index contributed by atoms with van der Waals surface area (Å²) in [4.78, 5) is 13.5. The van der Waals surface area contributed by atoms with E-state index in [1.54, 1.807) is 11.3 Å². The largest absolute Gasteiger partial charge is 0.469 e. The first kappa shape index (κ1) is 15.7. The van der Waals surface area contributed by atoms with Gasteiger partial charge >= 0.3 is 5.97 Å². The highest BCUT2D eigenvalue weighted by molar-refractivity contribution is 7.12. The number of rotatable bonds is 6. The van der Waals surface area contributed by atoms with E-state index in [1.165, 1.54) is 23.1 Å². The van der Waals surface area contributed by atoms with Gasteiger partial charge in [0.05, 0.1) is 13.5 Å². The number of aryl methyl sites for hydroxylation is 1. The maximum Gasteiger partial charge on any atom is 0.310 e. The first-order chi connectivity index (χ1) is 10.1. The molecule has 0 saturated heterocycles. The van der Waals surface area contributed by atoms with Crippen LogP contribution in [0.1, 0.15) is 33.8 Å². The summed E-state index contributed by atoms with van der Waals surface area (Å²) in [5.41, 5.74) is 2.62. The lowest BCUT2D eigenvalue weighted by Gasteiger charge is -2.15. The summed E-state index contributed by atoms with van der Waals surface area (Å²) in [5.74, 6) is -0.190. The van der Waals surface area contributed by atoms with E-state index in [4.69, 9.17) is 0 Å². The van der Waals surface area contributed by atoms with Gasteiger partial charge in [-0.1, -0.05) is 24.3 Å². The zero-order valence-electron chi connectivity index (χ0n) is 12.7. The van der Waals surface area contributed by atoms with Crippen LogP contribution in [0.25, 0.3) is 0 Å². The highest BCUT2D eigenvalue weighted by atomic mass is 32.1. The third-order valence-electron chi connectivity index (χ3n) is 3.50. The van der Waals surface area contributed by atoms with Crippen molar-refractivity contribution in [2.75, 3.05) is 7.11 Å². The van der Waals surface area contributed by atoms with E-state index in [9.17, 15) is 4.79 Å². The second-order valence-electron chi connectivity index (χ2n) is 5.08. The highest BCUT2D eigenvalue weighted by Gasteiger charge is 2.09. The Morgan fingerprint density at radius 3 is 2.67 bits per heavy atom. The topological polar surface area (TPSA) is 38.3 Å². The number of nitrogens with one attached hydrogen (secondary N) is 1. The molecule has 112 valence electrons. The minimum absolute atomic E-state index is 0.190. The first-order valence-corrected chi connectivity index (χ1v) is 7.85. The molecule has 1 aromatic heterocycles. The number of thiophene rings is 1. The van der Waals surface area contributed by atoms with Crippen LogP contribution in [0.15, 0.2) is 36.4 Å². The molecule has 2 rings (SSSR count). The molecule has 0 aliphatic rings. The third kappa shape index (κ3) is 4.41. The number of ether oxygens (including phenoxy) is 1. The Kier molecular flexibility index (Phi) is 5.53. The zero-order valence-corrected chi connectivity index (χ0v) is 13.5. The van der Waals surface area contributed by atoms with E-state index in [2.05, 4.69) is 54.2 Å². The van der Waals surface area contributed by atoms with Crippen LogP contribution in [0.3, 0.4) is 0 Å². The Balaban J connectivity index is 1.91. The Bertz CT molecular complexity index is 606. The van der Waals surface area contributed by atoms with Crippen molar-refractivity contribution in [3.8, 4) is 0 Å². The molecule has 2 aromatic rings. The number of carbonyl (C=O) groups is 1. The van der Waals surface area contributed by atoms with Crippen molar-refractivity contribution < 1.29 is 9.53 Å². The van der Waals surface area contributed by atoms with Crippen LogP contribution in [0.2, 0.25) is 0 Å². The summed E-state index contributed by atoms with van der Waals surface area (Å²) in [5, 5.41) is 3.53. The molecule has 0 fully saturated rings. The Morgan fingerprint density at radius 2 is 1.95 bits per heavy atom. The van der Waals surface area contributed by atoms with Gasteiger partial charge < -0.3 is 10.1 Å². The van der Waals surface area contributed by atoms with Crippen molar-refractivity contribution in [3.05, 3.63) is 57.3 Å². The van der Waals surface area contributed by atoms with Crippen LogP contribution in [-0.4, -0.2) is 13.1 Å². The van der Waals surface area contributed by atoms with Gasteiger partial charge in [-0.15, -0.1) is 11.3 Å². The molecule has 1 heterocycles. The van der Waals surface area contributed by atoms with Crippen molar-refractivity contribution in [2.24, 2.45) is 0 Å². The fourth-order valence-corrected chi connectivity index (χ4v) is 3.22. The molecular formula is C17H21NO2S. The van der Waals surface area contributed by atoms with Crippen molar-refractivity contribution in [1.82, 2.24) is 5.32 Å². The van der Waals surface area contributed by atoms with Gasteiger partial charge in [-0.05, 0) is 37.1 Å². The molecule has 1 atom stereocenters. The van der Waals surface area contributed by atoms with Crippen LogP contribution in [0.4, 0.5) is 0 Å². The van der Waals surface area contributed by atoms with Gasteiger partial charge in [0, 0.05) is 22.3 Å². The van der Waals surface area contributed by atoms with Crippen LogP contribution in [0, 0.1) is 6.92 Å². The number of methoxy groups -OCH3 is 1. The van der Waals surface area contributed by atoms with Gasteiger partial charge in [-0.25, -0.2) is 0 Å². The van der Waals surface area contributed by atoms with Gasteiger partial charge in [0.15, 0.2) is 0 Å². The first-order valence-electron chi connectivity index (χ1n) is 7.03. The summed E-state index contributed by atoms with van der Waals surface area (Å²) in [7, 11) is 1.42. The van der Waals surface area contributed by atoms with E-state index in [1.807, 2.05) is 6.07 Å². The smallest absolute Gasteiger partial charge is 0.310 e. The normalized spacial score (nSPS) is 12.1. The molecule has 1 N–H and O–H groups in total. The molecule has 0 spiro atoms. The number of benzene rings is 1. The Hall–Kier alpha value is -1.65. The lowest BCUT2D eigenvalue weighted by Crippen LogP contribution is -2.18. The molecule has 1 aromatic carbocycles.